The van der Waals surface area contributed by atoms with Crippen molar-refractivity contribution in [3.8, 4) is 0 Å². The van der Waals surface area contributed by atoms with Gasteiger partial charge in [0.15, 0.2) is 0 Å². The third-order valence-electron chi connectivity index (χ3n) is 11.7. The number of hydrogen-bond donors (Lipinski definition) is 5. The van der Waals surface area contributed by atoms with Crippen molar-refractivity contribution in [1.82, 2.24) is 0 Å². The van der Waals surface area contributed by atoms with Crippen LogP contribution in [0.5, 0.6) is 0 Å². The van der Waals surface area contributed by atoms with E-state index in [2.05, 4.69) is 20.8 Å². The number of nitrogens with two attached hydrogens (primary N) is 1. The Morgan fingerprint density at radius 2 is 0.613 bits per heavy atom. The van der Waals surface area contributed by atoms with Crippen molar-refractivity contribution in [3.63, 3.8) is 0 Å². The zero-order valence-electron chi connectivity index (χ0n) is 38.9. The van der Waals surface area contributed by atoms with E-state index in [0.717, 1.165) is 30.4 Å². The van der Waals surface area contributed by atoms with E-state index >= 15 is 0 Å². The standard InChI is InChI=1S/C36H73NO.2C8H6O4/c1-4-7-10-13-16-20-25-30-34(29-24-19-15-12-9-6-3)35(31-26-21-17-14-11-8-5-2)32-27-22-18-23-28-33-36(37)38;2*9-7(10)5-2-1-3-6(4-5)8(11)12/h34-35H,4-33H2,1-3H3,(H2,37,38);2*1-4H,(H,9,10)(H,11,12). The van der Waals surface area contributed by atoms with Crippen LogP contribution in [0.4, 0.5) is 0 Å². The Morgan fingerprint density at radius 1 is 0.387 bits per heavy atom. The summed E-state index contributed by atoms with van der Waals surface area (Å²) >= 11 is 0. The minimum Gasteiger partial charge on any atom is -0.478 e. The predicted octanol–water partition coefficient (Wildman–Crippen LogP) is 14.6. The quantitative estimate of drug-likeness (QED) is 0.0414. The molecule has 2 rings (SSSR count). The van der Waals surface area contributed by atoms with E-state index in [1.165, 1.54) is 216 Å². The minimum absolute atomic E-state index is 0.0186. The third-order valence-corrected chi connectivity index (χ3v) is 11.7. The second kappa shape index (κ2) is 39.6. The Balaban J connectivity index is 0.00000123. The smallest absolute Gasteiger partial charge is 0.335 e. The molecule has 0 saturated carbocycles. The molecule has 0 radical (unpaired) electrons. The molecule has 0 spiro atoms. The SMILES string of the molecule is CCCCCCCCCC(CCCCCCCC)C(CCCCCCCCC)CCCCCCCC(N)=O.O=C(O)c1cccc(C(=O)O)c1.O=C(O)c1cccc(C(=O)O)c1. The molecule has 0 bridgehead atoms. The van der Waals surface area contributed by atoms with Crippen LogP contribution in [0.25, 0.3) is 0 Å². The Morgan fingerprint density at radius 3 is 0.839 bits per heavy atom. The molecule has 62 heavy (non-hydrogen) atoms. The summed E-state index contributed by atoms with van der Waals surface area (Å²) in [6, 6.07) is 10.4. The van der Waals surface area contributed by atoms with E-state index in [-0.39, 0.29) is 28.2 Å². The molecule has 10 heteroatoms. The summed E-state index contributed by atoms with van der Waals surface area (Å²) in [6.45, 7) is 6.96. The van der Waals surface area contributed by atoms with Gasteiger partial charge in [0.25, 0.3) is 0 Å². The zero-order valence-corrected chi connectivity index (χ0v) is 38.9. The second-order valence-corrected chi connectivity index (χ2v) is 17.1. The molecule has 0 heterocycles. The van der Waals surface area contributed by atoms with Crippen LogP contribution in [0.3, 0.4) is 0 Å². The number of amides is 1. The summed E-state index contributed by atoms with van der Waals surface area (Å²) in [4.78, 5) is 52.5. The molecule has 2 aromatic rings. The highest BCUT2D eigenvalue weighted by Gasteiger charge is 2.21. The van der Waals surface area contributed by atoms with Crippen LogP contribution in [0.1, 0.15) is 255 Å². The van der Waals surface area contributed by atoms with E-state index in [9.17, 15) is 24.0 Å². The number of unbranched alkanes of at least 4 members (excludes halogenated alkanes) is 21. The van der Waals surface area contributed by atoms with Gasteiger partial charge in [0, 0.05) is 6.42 Å². The maximum absolute atomic E-state index is 11.0. The number of rotatable bonds is 36. The fourth-order valence-electron chi connectivity index (χ4n) is 7.95. The number of carboxylic acids is 4. The van der Waals surface area contributed by atoms with Gasteiger partial charge in [-0.15, -0.1) is 0 Å². The largest absolute Gasteiger partial charge is 0.478 e. The van der Waals surface area contributed by atoms with Crippen LogP contribution in [0.2, 0.25) is 0 Å². The number of primary amides is 1. The van der Waals surface area contributed by atoms with Crippen molar-refractivity contribution in [1.29, 1.82) is 0 Å². The molecule has 2 aromatic carbocycles. The first kappa shape index (κ1) is 57.8. The van der Waals surface area contributed by atoms with Gasteiger partial charge in [-0.25, -0.2) is 19.2 Å². The molecule has 2 atom stereocenters. The van der Waals surface area contributed by atoms with Crippen molar-refractivity contribution in [2.45, 2.75) is 213 Å². The number of carbonyl (C=O) groups is 5. The van der Waals surface area contributed by atoms with Crippen molar-refractivity contribution in [2.24, 2.45) is 17.6 Å². The maximum atomic E-state index is 11.0. The number of aromatic carboxylic acids is 4. The van der Waals surface area contributed by atoms with Gasteiger partial charge in [-0.1, -0.05) is 213 Å². The topological polar surface area (TPSA) is 192 Å². The fraction of sp³-hybridized carbons (Fsp3) is 0.673. The van der Waals surface area contributed by atoms with Gasteiger partial charge < -0.3 is 26.2 Å². The summed E-state index contributed by atoms with van der Waals surface area (Å²) in [5, 5.41) is 34.0. The van der Waals surface area contributed by atoms with Crippen molar-refractivity contribution in [2.75, 3.05) is 0 Å². The summed E-state index contributed by atoms with van der Waals surface area (Å²) in [6.07, 6.45) is 41.3. The first-order valence-electron chi connectivity index (χ1n) is 24.3. The Bertz CT molecular complexity index is 1350. The molecular weight excluding hydrogens is 783 g/mol. The lowest BCUT2D eigenvalue weighted by atomic mass is 9.78. The van der Waals surface area contributed by atoms with E-state index in [1.54, 1.807) is 0 Å². The summed E-state index contributed by atoms with van der Waals surface area (Å²) in [5.74, 6) is -2.73. The molecule has 0 aliphatic heterocycles. The molecule has 0 aromatic heterocycles. The Hall–Kier alpha value is -4.21. The van der Waals surface area contributed by atoms with E-state index in [1.807, 2.05) is 0 Å². The maximum Gasteiger partial charge on any atom is 0.335 e. The lowest BCUT2D eigenvalue weighted by Crippen LogP contribution is -2.16. The van der Waals surface area contributed by atoms with E-state index < -0.39 is 23.9 Å². The van der Waals surface area contributed by atoms with Gasteiger partial charge in [-0.05, 0) is 54.7 Å². The highest BCUT2D eigenvalue weighted by molar-refractivity contribution is 5.94. The van der Waals surface area contributed by atoms with E-state index in [4.69, 9.17) is 26.2 Å². The van der Waals surface area contributed by atoms with E-state index in [0.29, 0.717) is 6.42 Å². The fourth-order valence-corrected chi connectivity index (χ4v) is 7.95. The van der Waals surface area contributed by atoms with Crippen molar-refractivity contribution >= 4 is 29.8 Å². The number of benzene rings is 2. The average Bonchev–Trinajstić information content (AvgIpc) is 3.25. The molecule has 1 amide bonds. The van der Waals surface area contributed by atoms with Crippen LogP contribution in [-0.4, -0.2) is 50.2 Å². The zero-order chi connectivity index (χ0) is 46.2. The molecule has 6 N–H and O–H groups in total. The number of carbonyl (C=O) groups excluding carboxylic acids is 1. The highest BCUT2D eigenvalue weighted by atomic mass is 16.4. The molecule has 2 unspecified atom stereocenters. The second-order valence-electron chi connectivity index (χ2n) is 17.1. The Labute approximate surface area is 374 Å². The normalized spacial score (nSPS) is 11.7. The van der Waals surface area contributed by atoms with Gasteiger partial charge in [0.2, 0.25) is 5.91 Å². The summed E-state index contributed by atoms with van der Waals surface area (Å²) in [7, 11) is 0. The van der Waals surface area contributed by atoms with Crippen molar-refractivity contribution in [3.05, 3.63) is 70.8 Å². The number of carboxylic acid groups (broad SMARTS) is 4. The van der Waals surface area contributed by atoms with Gasteiger partial charge in [-0.2, -0.15) is 0 Å². The Kier molecular flexibility index (Phi) is 36.9. The third kappa shape index (κ3) is 32.5. The van der Waals surface area contributed by atoms with Crippen molar-refractivity contribution < 1.29 is 44.4 Å². The van der Waals surface area contributed by atoms with Crippen LogP contribution >= 0.6 is 0 Å². The van der Waals surface area contributed by atoms with Gasteiger partial charge in [0.05, 0.1) is 22.3 Å². The molecule has 10 nitrogen and oxygen atoms in total. The first-order chi connectivity index (χ1) is 29.9. The van der Waals surface area contributed by atoms with Crippen LogP contribution in [0, 0.1) is 11.8 Å². The minimum atomic E-state index is -1.13. The van der Waals surface area contributed by atoms with Crippen LogP contribution in [-0.2, 0) is 4.79 Å². The van der Waals surface area contributed by atoms with Crippen LogP contribution < -0.4 is 5.73 Å². The summed E-state index contributed by atoms with van der Waals surface area (Å²) in [5.41, 5.74) is 5.24. The van der Waals surface area contributed by atoms with Crippen LogP contribution in [0.15, 0.2) is 48.5 Å². The van der Waals surface area contributed by atoms with Gasteiger partial charge in [-0.3, -0.25) is 4.79 Å². The van der Waals surface area contributed by atoms with Gasteiger partial charge in [0.1, 0.15) is 0 Å². The highest BCUT2D eigenvalue weighted by Crippen LogP contribution is 2.34. The molecule has 0 saturated heterocycles. The molecule has 0 aliphatic carbocycles. The molecule has 0 aliphatic rings. The number of hydrogen-bond acceptors (Lipinski definition) is 5. The molecule has 352 valence electrons. The van der Waals surface area contributed by atoms with Gasteiger partial charge >= 0.3 is 23.9 Å². The lowest BCUT2D eigenvalue weighted by molar-refractivity contribution is -0.118. The summed E-state index contributed by atoms with van der Waals surface area (Å²) < 4.78 is 0. The molecule has 0 fully saturated rings. The lowest BCUT2D eigenvalue weighted by Gasteiger charge is -2.28. The molecular formula is C52H85NO9. The predicted molar refractivity (Wildman–Crippen MR) is 252 cm³/mol. The average molecular weight is 868 g/mol. The first-order valence-corrected chi connectivity index (χ1v) is 24.3. The monoisotopic (exact) mass is 868 g/mol.